The molecule has 1 aromatic heterocycles. The van der Waals surface area contributed by atoms with Crippen LogP contribution in [0.3, 0.4) is 0 Å². The van der Waals surface area contributed by atoms with Crippen LogP contribution in [0.15, 0.2) is 18.3 Å². The fourth-order valence-electron chi connectivity index (χ4n) is 3.34. The van der Waals surface area contributed by atoms with Crippen molar-refractivity contribution in [1.82, 2.24) is 15.3 Å². The molecule has 2 heterocycles. The van der Waals surface area contributed by atoms with Gasteiger partial charge in [0.2, 0.25) is 5.95 Å². The molecule has 2 aliphatic rings. The Kier molecular flexibility index (Phi) is 3.58. The number of hydrogen-bond acceptors (Lipinski definition) is 5. The first-order valence-corrected chi connectivity index (χ1v) is 8.14. The maximum atomic E-state index is 11.7. The number of fused-ring (bicyclic) bond motifs is 2. The van der Waals surface area contributed by atoms with Gasteiger partial charge in [-0.2, -0.15) is 5.26 Å². The van der Waals surface area contributed by atoms with Crippen molar-refractivity contribution in [2.75, 3.05) is 11.9 Å². The molecule has 0 fully saturated rings. The fourth-order valence-corrected chi connectivity index (χ4v) is 3.58. The maximum Gasteiger partial charge on any atom is 0.254 e. The molecular formula is C17H14ClN5O. The first-order chi connectivity index (χ1) is 11.6. The zero-order valence-electron chi connectivity index (χ0n) is 12.8. The van der Waals surface area contributed by atoms with Gasteiger partial charge in [0, 0.05) is 30.2 Å². The normalized spacial score (nSPS) is 18.3. The number of aromatic nitrogens is 2. The second-order valence-electron chi connectivity index (χ2n) is 6.01. The SMILES string of the molecule is N#Cc1cc(Cl)cc2c1C[C@@H](Nc1ncc3c(n1)CCNC3=O)C2. The van der Waals surface area contributed by atoms with E-state index in [0.29, 0.717) is 35.1 Å². The Morgan fingerprint density at radius 1 is 1.38 bits per heavy atom. The first kappa shape index (κ1) is 14.9. The van der Waals surface area contributed by atoms with Crippen molar-refractivity contribution in [3.63, 3.8) is 0 Å². The molecule has 1 aromatic carbocycles. The third-order valence-electron chi connectivity index (χ3n) is 4.44. The van der Waals surface area contributed by atoms with Crippen LogP contribution in [-0.2, 0) is 19.3 Å². The predicted molar refractivity (Wildman–Crippen MR) is 89.1 cm³/mol. The maximum absolute atomic E-state index is 11.7. The minimum atomic E-state index is -0.121. The summed E-state index contributed by atoms with van der Waals surface area (Å²) >= 11 is 6.07. The lowest BCUT2D eigenvalue weighted by Gasteiger charge is -2.17. The van der Waals surface area contributed by atoms with E-state index in [9.17, 15) is 10.1 Å². The molecule has 2 N–H and O–H groups in total. The van der Waals surface area contributed by atoms with Gasteiger partial charge in [-0.1, -0.05) is 11.6 Å². The van der Waals surface area contributed by atoms with Gasteiger partial charge < -0.3 is 10.6 Å². The Morgan fingerprint density at radius 2 is 2.25 bits per heavy atom. The summed E-state index contributed by atoms with van der Waals surface area (Å²) in [4.78, 5) is 20.5. The van der Waals surface area contributed by atoms with Gasteiger partial charge in [-0.3, -0.25) is 4.79 Å². The fraction of sp³-hybridized carbons (Fsp3) is 0.294. The number of rotatable bonds is 2. The Labute approximate surface area is 143 Å². The van der Waals surface area contributed by atoms with Gasteiger partial charge in [-0.15, -0.1) is 0 Å². The van der Waals surface area contributed by atoms with Crippen LogP contribution >= 0.6 is 11.6 Å². The molecule has 2 aromatic rings. The molecule has 0 radical (unpaired) electrons. The Hall–Kier alpha value is -2.65. The van der Waals surface area contributed by atoms with Crippen LogP contribution < -0.4 is 10.6 Å². The zero-order valence-corrected chi connectivity index (χ0v) is 13.5. The molecule has 7 heteroatoms. The van der Waals surface area contributed by atoms with E-state index >= 15 is 0 Å². The van der Waals surface area contributed by atoms with Crippen molar-refractivity contribution in [2.45, 2.75) is 25.3 Å². The quantitative estimate of drug-likeness (QED) is 0.871. The second-order valence-corrected chi connectivity index (χ2v) is 6.45. The molecule has 0 bridgehead atoms. The van der Waals surface area contributed by atoms with E-state index in [-0.39, 0.29) is 11.9 Å². The largest absolute Gasteiger partial charge is 0.352 e. The van der Waals surface area contributed by atoms with E-state index < -0.39 is 0 Å². The molecule has 24 heavy (non-hydrogen) atoms. The Balaban J connectivity index is 1.56. The number of carbonyl (C=O) groups excluding carboxylic acids is 1. The van der Waals surface area contributed by atoms with E-state index in [0.717, 1.165) is 29.7 Å². The van der Waals surface area contributed by atoms with Crippen molar-refractivity contribution in [2.24, 2.45) is 0 Å². The van der Waals surface area contributed by atoms with E-state index in [2.05, 4.69) is 26.7 Å². The van der Waals surface area contributed by atoms with E-state index in [1.807, 2.05) is 6.07 Å². The molecule has 6 nitrogen and oxygen atoms in total. The van der Waals surface area contributed by atoms with Crippen molar-refractivity contribution >= 4 is 23.5 Å². The molecule has 0 spiro atoms. The second kappa shape index (κ2) is 5.77. The van der Waals surface area contributed by atoms with Crippen molar-refractivity contribution in [3.8, 4) is 6.07 Å². The number of nitrogens with zero attached hydrogens (tertiary/aromatic N) is 3. The lowest BCUT2D eigenvalue weighted by atomic mass is 10.0. The summed E-state index contributed by atoms with van der Waals surface area (Å²) in [6.07, 6.45) is 3.78. The van der Waals surface area contributed by atoms with Crippen LogP contribution in [0, 0.1) is 11.3 Å². The molecule has 0 unspecified atom stereocenters. The van der Waals surface area contributed by atoms with Gasteiger partial charge in [-0.25, -0.2) is 9.97 Å². The zero-order chi connectivity index (χ0) is 16.7. The molecule has 1 atom stereocenters. The van der Waals surface area contributed by atoms with Gasteiger partial charge >= 0.3 is 0 Å². The number of anilines is 1. The number of benzene rings is 1. The number of halogens is 1. The minimum absolute atomic E-state index is 0.112. The molecule has 0 saturated heterocycles. The highest BCUT2D eigenvalue weighted by Crippen LogP contribution is 2.30. The molecular weight excluding hydrogens is 326 g/mol. The number of hydrogen-bond donors (Lipinski definition) is 2. The number of nitriles is 1. The van der Waals surface area contributed by atoms with Gasteiger partial charge in [0.25, 0.3) is 5.91 Å². The average Bonchev–Trinajstić information content (AvgIpc) is 2.96. The summed E-state index contributed by atoms with van der Waals surface area (Å²) in [5.41, 5.74) is 4.07. The smallest absolute Gasteiger partial charge is 0.254 e. The third-order valence-corrected chi connectivity index (χ3v) is 4.66. The number of amides is 1. The van der Waals surface area contributed by atoms with Crippen molar-refractivity contribution in [3.05, 3.63) is 51.3 Å². The van der Waals surface area contributed by atoms with Crippen LogP contribution in [0.5, 0.6) is 0 Å². The van der Waals surface area contributed by atoms with Crippen LogP contribution in [0.25, 0.3) is 0 Å². The van der Waals surface area contributed by atoms with Crippen LogP contribution in [0.2, 0.25) is 5.02 Å². The van der Waals surface area contributed by atoms with Crippen molar-refractivity contribution < 1.29 is 4.79 Å². The standard InChI is InChI=1S/C17H14ClN5O/c18-11-3-9-5-12(6-13(9)10(4-11)7-19)22-17-21-8-14-15(23-17)1-2-20-16(14)24/h3-4,8,12H,1-2,5-6H2,(H,20,24)(H,21,22,23)/t12-/m0/s1. The Morgan fingerprint density at radius 3 is 3.08 bits per heavy atom. The van der Waals surface area contributed by atoms with E-state index in [4.69, 9.17) is 11.6 Å². The van der Waals surface area contributed by atoms with Gasteiger partial charge in [0.1, 0.15) is 0 Å². The van der Waals surface area contributed by atoms with E-state index in [1.165, 1.54) is 0 Å². The lowest BCUT2D eigenvalue weighted by Crippen LogP contribution is -2.33. The topological polar surface area (TPSA) is 90.7 Å². The summed E-state index contributed by atoms with van der Waals surface area (Å²) in [7, 11) is 0. The molecule has 1 amide bonds. The molecule has 0 saturated carbocycles. The van der Waals surface area contributed by atoms with Crippen molar-refractivity contribution in [1.29, 1.82) is 5.26 Å². The summed E-state index contributed by atoms with van der Waals surface area (Å²) < 4.78 is 0. The highest BCUT2D eigenvalue weighted by molar-refractivity contribution is 6.30. The highest BCUT2D eigenvalue weighted by atomic mass is 35.5. The van der Waals surface area contributed by atoms with Crippen LogP contribution in [0.1, 0.15) is 32.7 Å². The van der Waals surface area contributed by atoms with Crippen LogP contribution in [0.4, 0.5) is 5.95 Å². The minimum Gasteiger partial charge on any atom is -0.352 e. The van der Waals surface area contributed by atoms with Crippen LogP contribution in [-0.4, -0.2) is 28.5 Å². The monoisotopic (exact) mass is 339 g/mol. The molecule has 1 aliphatic carbocycles. The Bertz CT molecular complexity index is 889. The molecule has 1 aliphatic heterocycles. The average molecular weight is 340 g/mol. The number of carbonyl (C=O) groups is 1. The summed E-state index contributed by atoms with van der Waals surface area (Å²) in [5.74, 6) is 0.398. The third kappa shape index (κ3) is 2.57. The van der Waals surface area contributed by atoms with Gasteiger partial charge in [0.05, 0.1) is 22.9 Å². The first-order valence-electron chi connectivity index (χ1n) is 7.76. The van der Waals surface area contributed by atoms with E-state index in [1.54, 1.807) is 12.3 Å². The highest BCUT2D eigenvalue weighted by Gasteiger charge is 2.26. The summed E-state index contributed by atoms with van der Waals surface area (Å²) in [6, 6.07) is 5.94. The predicted octanol–water partition coefficient (Wildman–Crippen LogP) is 1.87. The lowest BCUT2D eigenvalue weighted by molar-refractivity contribution is 0.0944. The molecule has 4 rings (SSSR count). The number of nitrogens with one attached hydrogen (secondary N) is 2. The molecule has 120 valence electrons. The van der Waals surface area contributed by atoms with Gasteiger partial charge in [0.15, 0.2) is 0 Å². The van der Waals surface area contributed by atoms with Gasteiger partial charge in [-0.05, 0) is 36.1 Å². The summed E-state index contributed by atoms with van der Waals surface area (Å²) in [5, 5.41) is 15.9. The summed E-state index contributed by atoms with van der Waals surface area (Å²) in [6.45, 7) is 0.598.